The molecule has 4 rings (SSSR count). The van der Waals surface area contributed by atoms with Crippen LogP contribution >= 0.6 is 0 Å². The zero-order chi connectivity index (χ0) is 21.1. The lowest BCUT2D eigenvalue weighted by molar-refractivity contribution is 0.0685. The number of rotatable bonds is 6. The fourth-order valence-corrected chi connectivity index (χ4v) is 3.68. The van der Waals surface area contributed by atoms with E-state index < -0.39 is 12.0 Å². The van der Waals surface area contributed by atoms with Crippen molar-refractivity contribution in [1.29, 1.82) is 0 Å². The summed E-state index contributed by atoms with van der Waals surface area (Å²) < 4.78 is 24.6. The van der Waals surface area contributed by atoms with E-state index in [1.807, 2.05) is 42.5 Å². The number of nitrogens with one attached hydrogen (secondary N) is 1. The number of amides is 1. The number of methoxy groups -OCH3 is 2. The molecule has 0 aromatic heterocycles. The molecule has 1 amide bonds. The van der Waals surface area contributed by atoms with Gasteiger partial charge in [0.1, 0.15) is 11.9 Å². The molecule has 1 heterocycles. The van der Waals surface area contributed by atoms with E-state index in [0.29, 0.717) is 24.1 Å². The number of nitrogens with zero attached hydrogens (tertiary/aromatic N) is 1. The summed E-state index contributed by atoms with van der Waals surface area (Å²) in [6, 6.07) is 19.9. The number of carbonyl (C=O) groups is 1. The van der Waals surface area contributed by atoms with Crippen LogP contribution in [0.5, 0.6) is 11.5 Å². The average molecular weight is 406 g/mol. The van der Waals surface area contributed by atoms with E-state index in [0.717, 1.165) is 17.0 Å². The molecule has 6 heteroatoms. The second-order valence-corrected chi connectivity index (χ2v) is 7.08. The molecule has 0 saturated heterocycles. The maximum Gasteiger partial charge on any atom is 0.257 e. The second kappa shape index (κ2) is 8.45. The van der Waals surface area contributed by atoms with Crippen LogP contribution < -0.4 is 14.8 Å². The van der Waals surface area contributed by atoms with Gasteiger partial charge in [0.25, 0.3) is 5.91 Å². The Morgan fingerprint density at radius 1 is 1.00 bits per heavy atom. The first kappa shape index (κ1) is 19.8. The molecule has 0 unspecified atom stereocenters. The summed E-state index contributed by atoms with van der Waals surface area (Å²) in [5.74, 6) is 0.415. The lowest BCUT2D eigenvalue weighted by atomic mass is 10.0. The Bertz CT molecular complexity index is 1050. The predicted octanol–water partition coefficient (Wildman–Crippen LogP) is 4.65. The zero-order valence-corrected chi connectivity index (χ0v) is 16.9. The Hall–Kier alpha value is -3.54. The summed E-state index contributed by atoms with van der Waals surface area (Å²) in [5.41, 5.74) is 3.09. The summed E-state index contributed by atoms with van der Waals surface area (Å²) in [7, 11) is 3.06. The van der Waals surface area contributed by atoms with Crippen LogP contribution in [-0.2, 0) is 6.42 Å². The summed E-state index contributed by atoms with van der Waals surface area (Å²) in [5, 5.41) is 3.39. The molecule has 1 N–H and O–H groups in total. The first-order valence-electron chi connectivity index (χ1n) is 9.73. The normalized spacial score (nSPS) is 15.4. The van der Waals surface area contributed by atoms with Gasteiger partial charge in [0.05, 0.1) is 19.8 Å². The van der Waals surface area contributed by atoms with E-state index in [9.17, 15) is 9.18 Å². The van der Waals surface area contributed by atoms with Crippen molar-refractivity contribution in [2.24, 2.45) is 0 Å². The third-order valence-corrected chi connectivity index (χ3v) is 5.31. The highest BCUT2D eigenvalue weighted by Gasteiger charge is 2.32. The van der Waals surface area contributed by atoms with Crippen LogP contribution in [0.1, 0.15) is 27.7 Å². The van der Waals surface area contributed by atoms with E-state index in [2.05, 4.69) is 5.32 Å². The quantitative estimate of drug-likeness (QED) is 0.647. The topological polar surface area (TPSA) is 50.8 Å². The minimum atomic E-state index is -0.481. The molecule has 3 aromatic carbocycles. The van der Waals surface area contributed by atoms with Crippen molar-refractivity contribution < 1.29 is 18.7 Å². The van der Waals surface area contributed by atoms with Gasteiger partial charge >= 0.3 is 0 Å². The maximum atomic E-state index is 14.4. The zero-order valence-electron chi connectivity index (χ0n) is 16.9. The number of fused-ring (bicyclic) bond motifs is 1. The molecular weight excluding hydrogens is 383 g/mol. The molecular formula is C24H23FN2O3. The van der Waals surface area contributed by atoms with Gasteiger partial charge in [-0.3, -0.25) is 4.79 Å². The number of hydrogen-bond donors (Lipinski definition) is 1. The molecule has 3 aromatic rings. The van der Waals surface area contributed by atoms with Crippen LogP contribution in [0.3, 0.4) is 0 Å². The third kappa shape index (κ3) is 3.81. The Kier molecular flexibility index (Phi) is 5.57. The SMILES string of the molecule is COc1ccc(CCN2C(=O)c3ccccc3N[C@@H]2c2ccc(OC)c(F)c2)cc1. The third-order valence-electron chi connectivity index (χ3n) is 5.31. The summed E-state index contributed by atoms with van der Waals surface area (Å²) in [6.07, 6.45) is 0.181. The van der Waals surface area contributed by atoms with E-state index in [4.69, 9.17) is 9.47 Å². The Morgan fingerprint density at radius 2 is 1.77 bits per heavy atom. The molecule has 30 heavy (non-hydrogen) atoms. The van der Waals surface area contributed by atoms with Crippen LogP contribution in [-0.4, -0.2) is 31.6 Å². The van der Waals surface area contributed by atoms with Crippen LogP contribution in [0, 0.1) is 5.82 Å². The van der Waals surface area contributed by atoms with Crippen molar-refractivity contribution in [2.75, 3.05) is 26.1 Å². The number of ether oxygens (including phenoxy) is 2. The second-order valence-electron chi connectivity index (χ2n) is 7.08. The van der Waals surface area contributed by atoms with Gasteiger partial charge in [-0.1, -0.05) is 30.3 Å². The first-order chi connectivity index (χ1) is 14.6. The van der Waals surface area contributed by atoms with Crippen molar-refractivity contribution in [3.63, 3.8) is 0 Å². The molecule has 0 saturated carbocycles. The lowest BCUT2D eigenvalue weighted by Gasteiger charge is -2.38. The van der Waals surface area contributed by atoms with E-state index in [1.54, 1.807) is 30.2 Å². The minimum absolute atomic E-state index is 0.0842. The molecule has 1 atom stereocenters. The fourth-order valence-electron chi connectivity index (χ4n) is 3.68. The van der Waals surface area contributed by atoms with Crippen molar-refractivity contribution >= 4 is 11.6 Å². The summed E-state index contributed by atoms with van der Waals surface area (Å²) in [6.45, 7) is 0.477. The van der Waals surface area contributed by atoms with Crippen LogP contribution in [0.4, 0.5) is 10.1 Å². The maximum absolute atomic E-state index is 14.4. The number of anilines is 1. The lowest BCUT2D eigenvalue weighted by Crippen LogP contribution is -2.44. The molecule has 154 valence electrons. The highest BCUT2D eigenvalue weighted by Crippen LogP contribution is 2.34. The van der Waals surface area contributed by atoms with Gasteiger partial charge in [0, 0.05) is 12.2 Å². The smallest absolute Gasteiger partial charge is 0.257 e. The Morgan fingerprint density at radius 3 is 2.47 bits per heavy atom. The number of carbonyl (C=O) groups excluding carboxylic acids is 1. The molecule has 0 spiro atoms. The average Bonchev–Trinajstić information content (AvgIpc) is 2.78. The van der Waals surface area contributed by atoms with Gasteiger partial charge in [-0.25, -0.2) is 4.39 Å². The predicted molar refractivity (Wildman–Crippen MR) is 113 cm³/mol. The molecule has 5 nitrogen and oxygen atoms in total. The van der Waals surface area contributed by atoms with Crippen molar-refractivity contribution in [3.05, 3.63) is 89.2 Å². The van der Waals surface area contributed by atoms with Gasteiger partial charge < -0.3 is 19.7 Å². The van der Waals surface area contributed by atoms with Crippen LogP contribution in [0.2, 0.25) is 0 Å². The largest absolute Gasteiger partial charge is 0.497 e. The molecule has 0 fully saturated rings. The first-order valence-corrected chi connectivity index (χ1v) is 9.73. The number of halogens is 1. The summed E-state index contributed by atoms with van der Waals surface area (Å²) in [4.78, 5) is 15.0. The van der Waals surface area contributed by atoms with Crippen molar-refractivity contribution in [3.8, 4) is 11.5 Å². The molecule has 0 radical (unpaired) electrons. The Labute approximate surface area is 175 Å². The number of benzene rings is 3. The highest BCUT2D eigenvalue weighted by molar-refractivity contribution is 6.01. The van der Waals surface area contributed by atoms with Crippen LogP contribution in [0.15, 0.2) is 66.7 Å². The van der Waals surface area contributed by atoms with Gasteiger partial charge in [-0.2, -0.15) is 0 Å². The fraction of sp³-hybridized carbons (Fsp3) is 0.208. The van der Waals surface area contributed by atoms with E-state index >= 15 is 0 Å². The van der Waals surface area contributed by atoms with Crippen molar-refractivity contribution in [2.45, 2.75) is 12.6 Å². The van der Waals surface area contributed by atoms with Crippen molar-refractivity contribution in [1.82, 2.24) is 4.90 Å². The van der Waals surface area contributed by atoms with Gasteiger partial charge in [0.2, 0.25) is 0 Å². The Balaban J connectivity index is 1.64. The monoisotopic (exact) mass is 406 g/mol. The van der Waals surface area contributed by atoms with Gasteiger partial charge in [0.15, 0.2) is 11.6 Å². The van der Waals surface area contributed by atoms with E-state index in [1.165, 1.54) is 13.2 Å². The van der Waals surface area contributed by atoms with Crippen LogP contribution in [0.25, 0.3) is 0 Å². The van der Waals surface area contributed by atoms with E-state index in [-0.39, 0.29) is 11.7 Å². The van der Waals surface area contributed by atoms with Gasteiger partial charge in [-0.15, -0.1) is 0 Å². The molecule has 0 aliphatic carbocycles. The molecule has 1 aliphatic rings. The van der Waals surface area contributed by atoms with Gasteiger partial charge in [-0.05, 0) is 53.9 Å². The number of para-hydroxylation sites is 1. The molecule has 1 aliphatic heterocycles. The summed E-state index contributed by atoms with van der Waals surface area (Å²) >= 11 is 0. The minimum Gasteiger partial charge on any atom is -0.497 e. The number of hydrogen-bond acceptors (Lipinski definition) is 4. The standard InChI is InChI=1S/C24H23FN2O3/c1-29-18-10-7-16(8-11-18)13-14-27-23(17-9-12-22(30-2)20(25)15-17)26-21-6-4-3-5-19(21)24(27)28/h3-12,15,23,26H,13-14H2,1-2H3/t23-/m0/s1. The molecule has 0 bridgehead atoms. The highest BCUT2D eigenvalue weighted by atomic mass is 19.1.